The van der Waals surface area contributed by atoms with E-state index in [1.807, 2.05) is 46.1 Å². The van der Waals surface area contributed by atoms with Crippen molar-refractivity contribution < 1.29 is 9.59 Å². The van der Waals surface area contributed by atoms with Crippen LogP contribution in [0.4, 0.5) is 0 Å². The number of carbonyl (C=O) groups excluding carboxylic acids is 2. The molecule has 1 aromatic heterocycles. The maximum absolute atomic E-state index is 12.5. The van der Waals surface area contributed by atoms with Crippen LogP contribution in [0.1, 0.15) is 41.6 Å². The predicted molar refractivity (Wildman–Crippen MR) is 115 cm³/mol. The Hall–Kier alpha value is -2.67. The number of benzene rings is 1. The average Bonchev–Trinajstić information content (AvgIpc) is 3.49. The molecule has 0 radical (unpaired) electrons. The minimum atomic E-state index is -0.0457. The molecule has 1 N–H and O–H groups in total. The second-order valence-corrected chi connectivity index (χ2v) is 8.30. The molecule has 2 aromatic rings. The quantitative estimate of drug-likeness (QED) is 0.759. The normalized spacial score (nSPS) is 17.9. The van der Waals surface area contributed by atoms with E-state index in [1.54, 1.807) is 6.20 Å². The van der Waals surface area contributed by atoms with Crippen LogP contribution in [0.2, 0.25) is 0 Å². The molecule has 1 saturated heterocycles. The number of rotatable bonds is 7. The highest BCUT2D eigenvalue weighted by Gasteiger charge is 2.29. The fourth-order valence-corrected chi connectivity index (χ4v) is 4.40. The van der Waals surface area contributed by atoms with Gasteiger partial charge in [-0.25, -0.2) is 0 Å². The van der Waals surface area contributed by atoms with Gasteiger partial charge >= 0.3 is 0 Å². The smallest absolute Gasteiger partial charge is 0.251 e. The molecule has 0 atom stereocenters. The Morgan fingerprint density at radius 1 is 1.03 bits per heavy atom. The zero-order valence-electron chi connectivity index (χ0n) is 17.5. The fraction of sp³-hybridized carbons (Fsp3) is 0.522. The van der Waals surface area contributed by atoms with Gasteiger partial charge in [0.05, 0.1) is 6.54 Å². The molecule has 0 spiro atoms. The van der Waals surface area contributed by atoms with Crippen molar-refractivity contribution in [2.45, 2.75) is 32.2 Å². The molecule has 2 amide bonds. The highest BCUT2D eigenvalue weighted by Crippen LogP contribution is 2.26. The number of piperazine rings is 1. The first kappa shape index (κ1) is 20.6. The molecular formula is C23H31N5O2. The van der Waals surface area contributed by atoms with E-state index < -0.39 is 0 Å². The van der Waals surface area contributed by atoms with Gasteiger partial charge < -0.3 is 10.2 Å². The van der Waals surface area contributed by atoms with Gasteiger partial charge in [0.1, 0.15) is 0 Å². The van der Waals surface area contributed by atoms with Crippen molar-refractivity contribution in [1.82, 2.24) is 24.9 Å². The summed E-state index contributed by atoms with van der Waals surface area (Å²) in [6.45, 7) is 5.51. The molecule has 1 saturated carbocycles. The Morgan fingerprint density at radius 2 is 1.77 bits per heavy atom. The molecule has 1 aliphatic heterocycles. The SMILES string of the molecule is O=C(NCCN1CCN(C(=O)C2CCCC2)CC1)c1ccc(Cn2cccn2)cc1. The number of hydrogen-bond donors (Lipinski definition) is 1. The summed E-state index contributed by atoms with van der Waals surface area (Å²) in [5.41, 5.74) is 1.78. The van der Waals surface area contributed by atoms with Crippen LogP contribution in [-0.4, -0.2) is 70.7 Å². The van der Waals surface area contributed by atoms with Gasteiger partial charge in [-0.1, -0.05) is 25.0 Å². The van der Waals surface area contributed by atoms with E-state index in [-0.39, 0.29) is 11.8 Å². The Morgan fingerprint density at radius 3 is 2.43 bits per heavy atom. The van der Waals surface area contributed by atoms with Crippen LogP contribution in [0.5, 0.6) is 0 Å². The van der Waals surface area contributed by atoms with E-state index in [0.29, 0.717) is 24.6 Å². The number of amides is 2. The van der Waals surface area contributed by atoms with Crippen LogP contribution in [-0.2, 0) is 11.3 Å². The summed E-state index contributed by atoms with van der Waals surface area (Å²) < 4.78 is 1.86. The molecule has 2 fully saturated rings. The van der Waals surface area contributed by atoms with Crippen molar-refractivity contribution in [1.29, 1.82) is 0 Å². The molecule has 30 heavy (non-hydrogen) atoms. The van der Waals surface area contributed by atoms with Gasteiger partial charge in [0.15, 0.2) is 0 Å². The minimum Gasteiger partial charge on any atom is -0.351 e. The van der Waals surface area contributed by atoms with Gasteiger partial charge in [0.2, 0.25) is 5.91 Å². The van der Waals surface area contributed by atoms with Gasteiger partial charge in [0.25, 0.3) is 5.91 Å². The van der Waals surface area contributed by atoms with E-state index in [0.717, 1.165) is 51.1 Å². The van der Waals surface area contributed by atoms with Crippen molar-refractivity contribution in [3.05, 3.63) is 53.9 Å². The van der Waals surface area contributed by atoms with Gasteiger partial charge in [0, 0.05) is 63.1 Å². The van der Waals surface area contributed by atoms with Crippen molar-refractivity contribution >= 4 is 11.8 Å². The maximum Gasteiger partial charge on any atom is 0.251 e. The maximum atomic E-state index is 12.5. The predicted octanol–water partition coefficient (Wildman–Crippen LogP) is 2.00. The van der Waals surface area contributed by atoms with Gasteiger partial charge in [-0.2, -0.15) is 5.10 Å². The van der Waals surface area contributed by atoms with E-state index in [1.165, 1.54) is 12.8 Å². The van der Waals surface area contributed by atoms with Crippen LogP contribution >= 0.6 is 0 Å². The summed E-state index contributed by atoms with van der Waals surface area (Å²) in [6.07, 6.45) is 8.21. The Bertz CT molecular complexity index is 820. The van der Waals surface area contributed by atoms with Crippen LogP contribution in [0.15, 0.2) is 42.7 Å². The third kappa shape index (κ3) is 5.27. The van der Waals surface area contributed by atoms with Crippen molar-refractivity contribution in [3.8, 4) is 0 Å². The third-order valence-corrected chi connectivity index (χ3v) is 6.22. The van der Waals surface area contributed by atoms with E-state index in [9.17, 15) is 9.59 Å². The number of nitrogens with zero attached hydrogens (tertiary/aromatic N) is 4. The van der Waals surface area contributed by atoms with Gasteiger partial charge in [-0.05, 0) is 36.6 Å². The zero-order valence-corrected chi connectivity index (χ0v) is 17.5. The molecule has 2 aliphatic rings. The fourth-order valence-electron chi connectivity index (χ4n) is 4.40. The molecule has 7 heteroatoms. The molecular weight excluding hydrogens is 378 g/mol. The lowest BCUT2D eigenvalue weighted by Crippen LogP contribution is -2.51. The summed E-state index contributed by atoms with van der Waals surface area (Å²) in [5, 5.41) is 7.21. The minimum absolute atomic E-state index is 0.0457. The van der Waals surface area contributed by atoms with Gasteiger partial charge in [-0.3, -0.25) is 19.2 Å². The lowest BCUT2D eigenvalue weighted by molar-refractivity contribution is -0.137. The molecule has 7 nitrogen and oxygen atoms in total. The van der Waals surface area contributed by atoms with Crippen LogP contribution in [0, 0.1) is 5.92 Å². The van der Waals surface area contributed by atoms with Gasteiger partial charge in [-0.15, -0.1) is 0 Å². The number of hydrogen-bond acceptors (Lipinski definition) is 4. The Labute approximate surface area is 178 Å². The summed E-state index contributed by atoms with van der Waals surface area (Å²) in [5.74, 6) is 0.578. The van der Waals surface area contributed by atoms with Crippen molar-refractivity contribution in [2.24, 2.45) is 5.92 Å². The average molecular weight is 410 g/mol. The highest BCUT2D eigenvalue weighted by atomic mass is 16.2. The second-order valence-electron chi connectivity index (χ2n) is 8.30. The Kier molecular flexibility index (Phi) is 6.79. The molecule has 0 bridgehead atoms. The van der Waals surface area contributed by atoms with E-state index in [2.05, 4.69) is 15.3 Å². The van der Waals surface area contributed by atoms with Crippen molar-refractivity contribution in [3.63, 3.8) is 0 Å². The summed E-state index contributed by atoms with van der Waals surface area (Å²) >= 11 is 0. The second kappa shape index (κ2) is 9.89. The van der Waals surface area contributed by atoms with Crippen molar-refractivity contribution in [2.75, 3.05) is 39.3 Å². The Balaban J connectivity index is 1.16. The first-order valence-electron chi connectivity index (χ1n) is 11.0. The molecule has 0 unspecified atom stereocenters. The van der Waals surface area contributed by atoms with E-state index >= 15 is 0 Å². The topological polar surface area (TPSA) is 70.5 Å². The third-order valence-electron chi connectivity index (χ3n) is 6.22. The number of aromatic nitrogens is 2. The number of carbonyl (C=O) groups is 2. The lowest BCUT2D eigenvalue weighted by atomic mass is 10.1. The summed E-state index contributed by atoms with van der Waals surface area (Å²) in [6, 6.07) is 9.56. The first-order valence-corrected chi connectivity index (χ1v) is 11.0. The molecule has 1 aliphatic carbocycles. The zero-order chi connectivity index (χ0) is 20.8. The first-order chi connectivity index (χ1) is 14.7. The van der Waals surface area contributed by atoms with Crippen LogP contribution in [0.3, 0.4) is 0 Å². The standard InChI is InChI=1S/C23H31N5O2/c29-22(20-8-6-19(7-9-20)18-28-12-3-10-25-28)24-11-13-26-14-16-27(17-15-26)23(30)21-4-1-2-5-21/h3,6-10,12,21H,1-2,4-5,11,13-18H2,(H,24,29). The molecule has 1 aromatic carbocycles. The van der Waals surface area contributed by atoms with E-state index in [4.69, 9.17) is 0 Å². The molecule has 2 heterocycles. The monoisotopic (exact) mass is 409 g/mol. The number of nitrogens with one attached hydrogen (secondary N) is 1. The van der Waals surface area contributed by atoms with Crippen LogP contribution < -0.4 is 5.32 Å². The lowest BCUT2D eigenvalue weighted by Gasteiger charge is -2.36. The summed E-state index contributed by atoms with van der Waals surface area (Å²) in [7, 11) is 0. The highest BCUT2D eigenvalue weighted by molar-refractivity contribution is 5.94. The van der Waals surface area contributed by atoms with Crippen LogP contribution in [0.25, 0.3) is 0 Å². The molecule has 4 rings (SSSR count). The summed E-state index contributed by atoms with van der Waals surface area (Å²) in [4.78, 5) is 29.3. The molecule has 160 valence electrons. The largest absolute Gasteiger partial charge is 0.351 e.